The molecule has 0 saturated carbocycles. The lowest BCUT2D eigenvalue weighted by molar-refractivity contribution is -0.140. The third-order valence-electron chi connectivity index (χ3n) is 2.37. The molecule has 1 saturated heterocycles. The van der Waals surface area contributed by atoms with Crippen LogP contribution in [-0.2, 0) is 9.59 Å². The van der Waals surface area contributed by atoms with Gasteiger partial charge in [-0.2, -0.15) is 0 Å². The Balaban J connectivity index is 2.57. The number of nitrogens with one attached hydrogen (secondary N) is 2. The molecule has 92 valence electrons. The Labute approximate surface area is 96.5 Å². The Morgan fingerprint density at radius 2 is 2.12 bits per heavy atom. The third-order valence-corrected chi connectivity index (χ3v) is 2.37. The number of amides is 2. The molecule has 1 aliphatic heterocycles. The van der Waals surface area contributed by atoms with Crippen molar-refractivity contribution in [2.45, 2.75) is 39.7 Å². The van der Waals surface area contributed by atoms with Crippen molar-refractivity contribution in [2.24, 2.45) is 5.92 Å². The van der Waals surface area contributed by atoms with Crippen LogP contribution in [0.1, 0.15) is 34.1 Å². The molecule has 2 N–H and O–H groups in total. The molecule has 1 heterocycles. The second kappa shape index (κ2) is 4.82. The topological polar surface area (TPSA) is 61.4 Å². The van der Waals surface area contributed by atoms with Crippen molar-refractivity contribution in [3.63, 3.8) is 0 Å². The van der Waals surface area contributed by atoms with Crippen LogP contribution in [0, 0.1) is 5.92 Å². The van der Waals surface area contributed by atoms with Gasteiger partial charge in [-0.05, 0) is 27.2 Å². The van der Waals surface area contributed by atoms with Gasteiger partial charge in [0, 0.05) is 18.6 Å². The molecule has 1 unspecified atom stereocenters. The van der Waals surface area contributed by atoms with E-state index in [0.29, 0.717) is 19.5 Å². The highest BCUT2D eigenvalue weighted by molar-refractivity contribution is 6.01. The Hall–Kier alpha value is -1.10. The van der Waals surface area contributed by atoms with E-state index in [0.717, 1.165) is 0 Å². The molecule has 2 amide bonds. The van der Waals surface area contributed by atoms with Crippen molar-refractivity contribution in [3.05, 3.63) is 0 Å². The molecule has 1 atom stereocenters. The van der Waals surface area contributed by atoms with E-state index in [2.05, 4.69) is 10.7 Å². The number of hydrogen-bond donors (Lipinski definition) is 2. The summed E-state index contributed by atoms with van der Waals surface area (Å²) in [5.74, 6) is -0.820. The van der Waals surface area contributed by atoms with E-state index in [1.165, 1.54) is 5.01 Å². The number of nitrogens with zero attached hydrogens (tertiary/aromatic N) is 1. The summed E-state index contributed by atoms with van der Waals surface area (Å²) in [6.45, 7) is 8.95. The minimum Gasteiger partial charge on any atom is -0.351 e. The van der Waals surface area contributed by atoms with Gasteiger partial charge in [0.1, 0.15) is 5.92 Å². The van der Waals surface area contributed by atoms with E-state index < -0.39 is 5.92 Å². The second-order valence-electron chi connectivity index (χ2n) is 5.08. The summed E-state index contributed by atoms with van der Waals surface area (Å²) in [5, 5.41) is 4.37. The zero-order chi connectivity index (χ0) is 12.3. The van der Waals surface area contributed by atoms with Crippen LogP contribution in [0.25, 0.3) is 0 Å². The van der Waals surface area contributed by atoms with Crippen LogP contribution in [0.15, 0.2) is 0 Å². The number of carbonyl (C=O) groups is 2. The summed E-state index contributed by atoms with van der Waals surface area (Å²) in [6, 6.07) is 0. The molecule has 5 nitrogen and oxygen atoms in total. The largest absolute Gasteiger partial charge is 0.351 e. The predicted octanol–water partition coefficient (Wildman–Crippen LogP) is 0.274. The van der Waals surface area contributed by atoms with Crippen molar-refractivity contribution in [1.29, 1.82) is 0 Å². The maximum Gasteiger partial charge on any atom is 0.249 e. The molecule has 16 heavy (non-hydrogen) atoms. The zero-order valence-corrected chi connectivity index (χ0v) is 10.5. The highest BCUT2D eigenvalue weighted by Crippen LogP contribution is 2.17. The highest BCUT2D eigenvalue weighted by atomic mass is 16.2. The first-order valence-corrected chi connectivity index (χ1v) is 5.72. The zero-order valence-electron chi connectivity index (χ0n) is 10.5. The van der Waals surface area contributed by atoms with E-state index in [-0.39, 0.29) is 17.4 Å². The quantitative estimate of drug-likeness (QED) is 0.681. The predicted molar refractivity (Wildman–Crippen MR) is 61.4 cm³/mol. The molecular weight excluding hydrogens is 206 g/mol. The summed E-state index contributed by atoms with van der Waals surface area (Å²) < 4.78 is 0. The van der Waals surface area contributed by atoms with Crippen LogP contribution in [0.5, 0.6) is 0 Å². The molecule has 0 aromatic heterocycles. The second-order valence-corrected chi connectivity index (χ2v) is 5.08. The molecule has 0 bridgehead atoms. The molecule has 1 fully saturated rings. The van der Waals surface area contributed by atoms with E-state index in [1.54, 1.807) is 0 Å². The lowest BCUT2D eigenvalue weighted by Gasteiger charge is -2.22. The lowest BCUT2D eigenvalue weighted by atomic mass is 10.0. The number of rotatable bonds is 3. The van der Waals surface area contributed by atoms with Crippen molar-refractivity contribution in [3.8, 4) is 0 Å². The molecule has 0 spiro atoms. The average molecular weight is 227 g/mol. The summed E-state index contributed by atoms with van der Waals surface area (Å²) >= 11 is 0. The van der Waals surface area contributed by atoms with Crippen LogP contribution in [0.3, 0.4) is 0 Å². The minimum atomic E-state index is -0.529. The maximum atomic E-state index is 11.8. The molecule has 0 aliphatic carbocycles. The summed E-state index contributed by atoms with van der Waals surface area (Å²) in [5.41, 5.74) is 2.66. The van der Waals surface area contributed by atoms with Gasteiger partial charge in [0.25, 0.3) is 0 Å². The van der Waals surface area contributed by atoms with Crippen LogP contribution >= 0.6 is 0 Å². The van der Waals surface area contributed by atoms with Gasteiger partial charge in [0.2, 0.25) is 11.8 Å². The smallest absolute Gasteiger partial charge is 0.249 e. The summed E-state index contributed by atoms with van der Waals surface area (Å²) in [4.78, 5) is 23.7. The van der Waals surface area contributed by atoms with Gasteiger partial charge in [0.15, 0.2) is 0 Å². The van der Waals surface area contributed by atoms with E-state index in [9.17, 15) is 9.59 Å². The van der Waals surface area contributed by atoms with Gasteiger partial charge in [0.05, 0.1) is 0 Å². The number of hydrogen-bond acceptors (Lipinski definition) is 3. The molecule has 1 rings (SSSR count). The third kappa shape index (κ3) is 3.20. The summed E-state index contributed by atoms with van der Waals surface area (Å²) in [7, 11) is 0. The molecular formula is C11H21N3O2. The van der Waals surface area contributed by atoms with Crippen molar-refractivity contribution < 1.29 is 9.59 Å². The maximum absolute atomic E-state index is 11.8. The number of hydrazine groups is 1. The first kappa shape index (κ1) is 13.0. The molecule has 5 heteroatoms. The molecule has 0 radical (unpaired) electrons. The van der Waals surface area contributed by atoms with Gasteiger partial charge < -0.3 is 5.32 Å². The van der Waals surface area contributed by atoms with Gasteiger partial charge >= 0.3 is 0 Å². The van der Waals surface area contributed by atoms with Gasteiger partial charge in [-0.15, -0.1) is 0 Å². The fourth-order valence-electron chi connectivity index (χ4n) is 1.73. The van der Waals surface area contributed by atoms with Crippen molar-refractivity contribution in [1.82, 2.24) is 15.8 Å². The molecule has 0 aromatic carbocycles. The van der Waals surface area contributed by atoms with Gasteiger partial charge in [-0.3, -0.25) is 14.6 Å². The first-order chi connectivity index (χ1) is 7.35. The fraction of sp³-hybridized carbons (Fsp3) is 0.818. The summed E-state index contributed by atoms with van der Waals surface area (Å²) in [6.07, 6.45) is 0.591. The molecule has 0 aromatic rings. The average Bonchev–Trinajstić information content (AvgIpc) is 2.46. The Bertz CT molecular complexity index is 283. The van der Waals surface area contributed by atoms with E-state index in [1.807, 2.05) is 27.7 Å². The Kier molecular flexibility index (Phi) is 3.91. The van der Waals surface area contributed by atoms with Gasteiger partial charge in [-0.25, -0.2) is 5.43 Å². The SMILES string of the molecule is CCNN1CCC(C(=O)NC(C)(C)C)C1=O. The standard InChI is InChI=1S/C11H21N3O2/c1-5-12-14-7-6-8(10(14)16)9(15)13-11(2,3)4/h8,12H,5-7H2,1-4H3,(H,13,15). The van der Waals surface area contributed by atoms with Crippen LogP contribution in [0.2, 0.25) is 0 Å². The van der Waals surface area contributed by atoms with Gasteiger partial charge in [-0.1, -0.05) is 6.92 Å². The normalized spacial score (nSPS) is 21.4. The molecule has 1 aliphatic rings. The lowest BCUT2D eigenvalue weighted by Crippen LogP contribution is -2.47. The van der Waals surface area contributed by atoms with Crippen molar-refractivity contribution >= 4 is 11.8 Å². The first-order valence-electron chi connectivity index (χ1n) is 5.72. The highest BCUT2D eigenvalue weighted by Gasteiger charge is 2.37. The van der Waals surface area contributed by atoms with Crippen LogP contribution in [-0.4, -0.2) is 35.5 Å². The Morgan fingerprint density at radius 1 is 1.50 bits per heavy atom. The van der Waals surface area contributed by atoms with E-state index in [4.69, 9.17) is 0 Å². The van der Waals surface area contributed by atoms with Crippen molar-refractivity contribution in [2.75, 3.05) is 13.1 Å². The van der Waals surface area contributed by atoms with Crippen LogP contribution < -0.4 is 10.7 Å². The van der Waals surface area contributed by atoms with E-state index >= 15 is 0 Å². The van der Waals surface area contributed by atoms with Crippen LogP contribution in [0.4, 0.5) is 0 Å². The fourth-order valence-corrected chi connectivity index (χ4v) is 1.73. The Morgan fingerprint density at radius 3 is 2.62 bits per heavy atom. The minimum absolute atomic E-state index is 0.122. The monoisotopic (exact) mass is 227 g/mol. The number of carbonyl (C=O) groups excluding carboxylic acids is 2.